The topological polar surface area (TPSA) is 67.1 Å². The van der Waals surface area contributed by atoms with Gasteiger partial charge >= 0.3 is 0 Å². The van der Waals surface area contributed by atoms with Crippen molar-refractivity contribution in [3.05, 3.63) is 65.2 Å². The molecule has 1 aliphatic heterocycles. The van der Waals surface area contributed by atoms with Crippen LogP contribution in [0.2, 0.25) is 0 Å². The highest BCUT2D eigenvalue weighted by Crippen LogP contribution is 2.09. The van der Waals surface area contributed by atoms with Crippen LogP contribution in [0.3, 0.4) is 0 Å². The van der Waals surface area contributed by atoms with Gasteiger partial charge in [0.05, 0.1) is 20.1 Å². The minimum Gasteiger partial charge on any atom is -0.355 e. The van der Waals surface area contributed by atoms with Gasteiger partial charge in [-0.2, -0.15) is 0 Å². The Kier molecular flexibility index (Phi) is 7.38. The summed E-state index contributed by atoms with van der Waals surface area (Å²) in [5.74, 6) is -0.0908. The van der Waals surface area contributed by atoms with Gasteiger partial charge in [0.25, 0.3) is 11.8 Å². The molecular weight excluding hydrogens is 364 g/mol. The number of nitrogens with one attached hydrogen (secondary N) is 4. The van der Waals surface area contributed by atoms with Gasteiger partial charge in [0.2, 0.25) is 0 Å². The van der Waals surface area contributed by atoms with Gasteiger partial charge in [-0.3, -0.25) is 9.59 Å². The summed E-state index contributed by atoms with van der Waals surface area (Å²) in [6.07, 6.45) is 2.66. The Morgan fingerprint density at radius 1 is 0.966 bits per heavy atom. The lowest BCUT2D eigenvalue weighted by Crippen LogP contribution is -3.08. The Morgan fingerprint density at radius 2 is 1.59 bits per heavy atom. The Labute approximate surface area is 172 Å². The molecule has 4 N–H and O–H groups in total. The summed E-state index contributed by atoms with van der Waals surface area (Å²) < 4.78 is 0. The summed E-state index contributed by atoms with van der Waals surface area (Å²) >= 11 is 0. The molecule has 6 nitrogen and oxygen atoms in total. The largest absolute Gasteiger partial charge is 0.355 e. The Hall–Kier alpha value is -2.70. The fourth-order valence-corrected chi connectivity index (χ4v) is 3.85. The average molecular weight is 397 g/mol. The summed E-state index contributed by atoms with van der Waals surface area (Å²) in [7, 11) is 3.61. The number of carbonyl (C=O) groups is 2. The van der Waals surface area contributed by atoms with Crippen LogP contribution < -0.4 is 20.4 Å². The Bertz CT molecular complexity index is 812. The predicted molar refractivity (Wildman–Crippen MR) is 114 cm³/mol. The van der Waals surface area contributed by atoms with E-state index in [9.17, 15) is 9.59 Å². The third-order valence-corrected chi connectivity index (χ3v) is 5.41. The minimum atomic E-state index is -0.0931. The van der Waals surface area contributed by atoms with Crippen LogP contribution >= 0.6 is 0 Å². The highest BCUT2D eigenvalue weighted by atomic mass is 16.2. The van der Waals surface area contributed by atoms with Gasteiger partial charge in [0.15, 0.2) is 6.54 Å². The molecule has 29 heavy (non-hydrogen) atoms. The van der Waals surface area contributed by atoms with Gasteiger partial charge in [-0.1, -0.05) is 24.3 Å². The molecule has 0 saturated carbocycles. The second kappa shape index (κ2) is 10.2. The molecule has 1 fully saturated rings. The summed E-state index contributed by atoms with van der Waals surface area (Å²) in [5, 5.41) is 5.61. The second-order valence-electron chi connectivity index (χ2n) is 7.97. The van der Waals surface area contributed by atoms with Crippen molar-refractivity contribution in [2.24, 2.45) is 0 Å². The lowest BCUT2D eigenvalue weighted by atomic mass is 10.1. The first-order valence-electron chi connectivity index (χ1n) is 10.4. The zero-order valence-electron chi connectivity index (χ0n) is 17.4. The van der Waals surface area contributed by atoms with Gasteiger partial charge in [-0.05, 0) is 24.3 Å². The molecule has 0 radical (unpaired) electrons. The van der Waals surface area contributed by atoms with Gasteiger partial charge in [-0.15, -0.1) is 0 Å². The Morgan fingerprint density at radius 3 is 2.21 bits per heavy atom. The zero-order valence-corrected chi connectivity index (χ0v) is 17.4. The van der Waals surface area contributed by atoms with E-state index in [-0.39, 0.29) is 11.8 Å². The van der Waals surface area contributed by atoms with Crippen molar-refractivity contribution in [3.63, 3.8) is 0 Å². The van der Waals surface area contributed by atoms with Crippen LogP contribution in [0.1, 0.15) is 34.3 Å². The molecule has 0 spiro atoms. The van der Waals surface area contributed by atoms with E-state index in [4.69, 9.17) is 0 Å². The van der Waals surface area contributed by atoms with Crippen LogP contribution in [-0.4, -0.2) is 45.5 Å². The molecule has 2 amide bonds. The van der Waals surface area contributed by atoms with Crippen molar-refractivity contribution >= 4 is 17.5 Å². The van der Waals surface area contributed by atoms with E-state index >= 15 is 0 Å². The molecule has 1 aliphatic rings. The van der Waals surface area contributed by atoms with E-state index in [0.717, 1.165) is 29.2 Å². The number of carbonyl (C=O) groups excluding carboxylic acids is 2. The van der Waals surface area contributed by atoms with Crippen LogP contribution in [0.4, 0.5) is 5.69 Å². The standard InChI is InChI=1S/C23H30N4O2/c1-24-23(29)20-9-5-18(6-10-20)15-26(2)17-22(28)25-21-11-7-19(8-12-21)16-27-13-3-4-14-27/h5-12H,3-4,13-17H2,1-2H3,(H,24,29)(H,25,28)/p+2. The molecule has 3 rings (SSSR count). The Balaban J connectivity index is 1.45. The number of hydrogen-bond donors (Lipinski definition) is 4. The predicted octanol–water partition coefficient (Wildman–Crippen LogP) is -0.122. The van der Waals surface area contributed by atoms with Crippen molar-refractivity contribution in [2.45, 2.75) is 25.9 Å². The molecule has 1 atom stereocenters. The van der Waals surface area contributed by atoms with Gasteiger partial charge in [0, 0.05) is 42.3 Å². The minimum absolute atomic E-state index is 0.00222. The van der Waals surface area contributed by atoms with E-state index in [0.29, 0.717) is 12.1 Å². The van der Waals surface area contributed by atoms with Crippen LogP contribution in [0.25, 0.3) is 0 Å². The maximum Gasteiger partial charge on any atom is 0.279 e. The maximum atomic E-state index is 12.4. The SMILES string of the molecule is CNC(=O)c1ccc(C[NH+](C)CC(=O)Nc2ccc(C[NH+]3CCCC3)cc2)cc1. The van der Waals surface area contributed by atoms with E-state index in [2.05, 4.69) is 22.8 Å². The first-order valence-corrected chi connectivity index (χ1v) is 10.4. The smallest absolute Gasteiger partial charge is 0.279 e. The number of quaternary nitrogens is 2. The van der Waals surface area contributed by atoms with Gasteiger partial charge in [-0.25, -0.2) is 0 Å². The van der Waals surface area contributed by atoms with E-state index in [1.54, 1.807) is 11.9 Å². The normalized spacial score (nSPS) is 15.1. The van der Waals surface area contributed by atoms with Crippen molar-refractivity contribution in [1.29, 1.82) is 0 Å². The summed E-state index contributed by atoms with van der Waals surface area (Å²) in [5.41, 5.74) is 3.90. The summed E-state index contributed by atoms with van der Waals surface area (Å²) in [6, 6.07) is 15.7. The number of likely N-dealkylation sites (N-methyl/N-ethyl adjacent to an activating group) is 1. The van der Waals surface area contributed by atoms with Gasteiger partial charge in [0.1, 0.15) is 13.1 Å². The van der Waals surface area contributed by atoms with Crippen molar-refractivity contribution in [3.8, 4) is 0 Å². The fourth-order valence-electron chi connectivity index (χ4n) is 3.85. The number of amides is 2. The van der Waals surface area contributed by atoms with Gasteiger partial charge < -0.3 is 20.4 Å². The molecule has 2 aromatic carbocycles. The highest BCUT2D eigenvalue weighted by Gasteiger charge is 2.16. The zero-order chi connectivity index (χ0) is 20.6. The van der Waals surface area contributed by atoms with E-state index in [1.165, 1.54) is 31.5 Å². The lowest BCUT2D eigenvalue weighted by molar-refractivity contribution is -0.901. The summed E-state index contributed by atoms with van der Waals surface area (Å²) in [4.78, 5) is 26.7. The second-order valence-corrected chi connectivity index (χ2v) is 7.97. The van der Waals surface area contributed by atoms with Crippen molar-refractivity contribution < 1.29 is 19.4 Å². The maximum absolute atomic E-state index is 12.4. The number of likely N-dealkylation sites (tertiary alicyclic amines) is 1. The van der Waals surface area contributed by atoms with Crippen LogP contribution in [0.5, 0.6) is 0 Å². The molecular formula is C23H32N4O2+2. The summed E-state index contributed by atoms with van der Waals surface area (Å²) in [6.45, 7) is 4.71. The molecule has 2 aromatic rings. The fraction of sp³-hybridized carbons (Fsp3) is 0.391. The number of benzene rings is 2. The van der Waals surface area contributed by atoms with Crippen molar-refractivity contribution in [2.75, 3.05) is 39.0 Å². The van der Waals surface area contributed by atoms with E-state index < -0.39 is 0 Å². The molecule has 0 aliphatic carbocycles. The third-order valence-electron chi connectivity index (χ3n) is 5.41. The molecule has 6 heteroatoms. The number of hydrogen-bond acceptors (Lipinski definition) is 2. The quantitative estimate of drug-likeness (QED) is 0.503. The van der Waals surface area contributed by atoms with Crippen LogP contribution in [0.15, 0.2) is 48.5 Å². The van der Waals surface area contributed by atoms with Crippen LogP contribution in [-0.2, 0) is 17.9 Å². The number of anilines is 1. The first-order chi connectivity index (χ1) is 14.0. The lowest BCUT2D eigenvalue weighted by Gasteiger charge is -2.15. The molecule has 1 heterocycles. The van der Waals surface area contributed by atoms with Crippen LogP contribution in [0, 0.1) is 0 Å². The third kappa shape index (κ3) is 6.41. The van der Waals surface area contributed by atoms with E-state index in [1.807, 2.05) is 43.4 Å². The highest BCUT2D eigenvalue weighted by molar-refractivity contribution is 5.94. The first kappa shape index (κ1) is 21.0. The molecule has 1 saturated heterocycles. The monoisotopic (exact) mass is 396 g/mol. The molecule has 0 bridgehead atoms. The van der Waals surface area contributed by atoms with Crippen molar-refractivity contribution in [1.82, 2.24) is 5.32 Å². The number of rotatable bonds is 8. The average Bonchev–Trinajstić information content (AvgIpc) is 3.22. The molecule has 154 valence electrons. The molecule has 1 unspecified atom stereocenters. The molecule has 0 aromatic heterocycles.